The molecule has 0 fully saturated rings. The van der Waals surface area contributed by atoms with Crippen LogP contribution in [0.2, 0.25) is 0 Å². The first kappa shape index (κ1) is 13.5. The van der Waals surface area contributed by atoms with Crippen molar-refractivity contribution in [2.24, 2.45) is 0 Å². The number of rotatable bonds is 5. The Bertz CT molecular complexity index is 531. The molecule has 0 radical (unpaired) electrons. The minimum atomic E-state index is 0.749. The summed E-state index contributed by atoms with van der Waals surface area (Å²) in [5.74, 6) is 1.73. The molecule has 0 aliphatic carbocycles. The Labute approximate surface area is 115 Å². The van der Waals surface area contributed by atoms with E-state index in [1.54, 1.807) is 0 Å². The highest BCUT2D eigenvalue weighted by atomic mass is 16.5. The Hall–Kier alpha value is -1.96. The second-order valence-corrected chi connectivity index (χ2v) is 4.87. The van der Waals surface area contributed by atoms with E-state index in [2.05, 4.69) is 32.0 Å². The van der Waals surface area contributed by atoms with Gasteiger partial charge in [-0.3, -0.25) is 0 Å². The highest BCUT2D eigenvalue weighted by molar-refractivity contribution is 5.44. The van der Waals surface area contributed by atoms with E-state index in [-0.39, 0.29) is 0 Å². The van der Waals surface area contributed by atoms with Crippen molar-refractivity contribution in [2.45, 2.75) is 33.1 Å². The summed E-state index contributed by atoms with van der Waals surface area (Å²) in [5, 5.41) is 0. The summed E-state index contributed by atoms with van der Waals surface area (Å²) in [6.07, 6.45) is 3.60. The van der Waals surface area contributed by atoms with Gasteiger partial charge in [-0.15, -0.1) is 0 Å². The van der Waals surface area contributed by atoms with Gasteiger partial charge in [0.15, 0.2) is 0 Å². The number of aryl methyl sites for hydroxylation is 2. The molecular formula is C17H21NO. The summed E-state index contributed by atoms with van der Waals surface area (Å²) in [4.78, 5) is 0. The minimum Gasteiger partial charge on any atom is -0.457 e. The number of anilines is 1. The van der Waals surface area contributed by atoms with Crippen LogP contribution in [0.1, 0.15) is 30.9 Å². The molecule has 2 N–H and O–H groups in total. The zero-order valence-corrected chi connectivity index (χ0v) is 11.6. The number of hydrogen-bond acceptors (Lipinski definition) is 2. The number of nitrogen functional groups attached to an aromatic ring is 1. The second-order valence-electron chi connectivity index (χ2n) is 4.87. The maximum Gasteiger partial charge on any atom is 0.130 e. The van der Waals surface area contributed by atoms with Crippen LogP contribution in [0.15, 0.2) is 42.5 Å². The number of nitrogens with two attached hydrogens (primary N) is 1. The highest BCUT2D eigenvalue weighted by Crippen LogP contribution is 2.26. The lowest BCUT2D eigenvalue weighted by molar-refractivity contribution is 0.478. The minimum absolute atomic E-state index is 0.749. The molecule has 2 heteroatoms. The van der Waals surface area contributed by atoms with Gasteiger partial charge in [0, 0.05) is 5.69 Å². The summed E-state index contributed by atoms with van der Waals surface area (Å²) < 4.78 is 5.87. The molecule has 0 atom stereocenters. The van der Waals surface area contributed by atoms with Crippen molar-refractivity contribution in [3.8, 4) is 11.5 Å². The van der Waals surface area contributed by atoms with Gasteiger partial charge in [-0.2, -0.15) is 0 Å². The Kier molecular flexibility index (Phi) is 4.45. The van der Waals surface area contributed by atoms with Crippen molar-refractivity contribution in [3.05, 3.63) is 53.6 Å². The van der Waals surface area contributed by atoms with E-state index in [4.69, 9.17) is 10.5 Å². The van der Waals surface area contributed by atoms with Gasteiger partial charge < -0.3 is 10.5 Å². The van der Waals surface area contributed by atoms with Crippen LogP contribution in [0.5, 0.6) is 11.5 Å². The van der Waals surface area contributed by atoms with Crippen LogP contribution in [0.3, 0.4) is 0 Å². The van der Waals surface area contributed by atoms with Gasteiger partial charge in [-0.1, -0.05) is 25.5 Å². The molecule has 0 saturated carbocycles. The van der Waals surface area contributed by atoms with Crippen molar-refractivity contribution >= 4 is 5.69 Å². The average molecular weight is 255 g/mol. The topological polar surface area (TPSA) is 35.2 Å². The van der Waals surface area contributed by atoms with Crippen LogP contribution in [0, 0.1) is 6.92 Å². The third-order valence-corrected chi connectivity index (χ3v) is 3.17. The summed E-state index contributed by atoms with van der Waals surface area (Å²) in [6, 6.07) is 13.9. The molecule has 2 aromatic carbocycles. The number of ether oxygens (including phenoxy) is 1. The number of unbranched alkanes of at least 4 members (excludes halogenated alkanes) is 1. The molecule has 2 rings (SSSR count). The molecule has 0 heterocycles. The van der Waals surface area contributed by atoms with Gasteiger partial charge in [0.1, 0.15) is 11.5 Å². The summed E-state index contributed by atoms with van der Waals surface area (Å²) in [6.45, 7) is 4.30. The van der Waals surface area contributed by atoms with Gasteiger partial charge in [-0.05, 0) is 61.2 Å². The Balaban J connectivity index is 2.10. The van der Waals surface area contributed by atoms with Gasteiger partial charge in [0.2, 0.25) is 0 Å². The maximum atomic E-state index is 5.87. The molecule has 0 amide bonds. The highest BCUT2D eigenvalue weighted by Gasteiger charge is 2.03. The SMILES string of the molecule is CCCCc1ccc(Oc2ccc(N)cc2)c(C)c1. The fraction of sp³-hybridized carbons (Fsp3) is 0.294. The Morgan fingerprint density at radius 1 is 1.05 bits per heavy atom. The predicted molar refractivity (Wildman–Crippen MR) is 80.7 cm³/mol. The van der Waals surface area contributed by atoms with Crippen LogP contribution >= 0.6 is 0 Å². The smallest absolute Gasteiger partial charge is 0.130 e. The van der Waals surface area contributed by atoms with Gasteiger partial charge in [-0.25, -0.2) is 0 Å². The molecule has 2 nitrogen and oxygen atoms in total. The number of hydrogen-bond donors (Lipinski definition) is 1. The quantitative estimate of drug-likeness (QED) is 0.785. The van der Waals surface area contributed by atoms with E-state index in [1.165, 1.54) is 24.0 Å². The van der Waals surface area contributed by atoms with Gasteiger partial charge >= 0.3 is 0 Å². The molecule has 0 unspecified atom stereocenters. The van der Waals surface area contributed by atoms with Crippen LogP contribution in [-0.4, -0.2) is 0 Å². The number of benzene rings is 2. The molecule has 0 aromatic heterocycles. The zero-order chi connectivity index (χ0) is 13.7. The Morgan fingerprint density at radius 3 is 2.42 bits per heavy atom. The molecule has 19 heavy (non-hydrogen) atoms. The lowest BCUT2D eigenvalue weighted by atomic mass is 10.1. The van der Waals surface area contributed by atoms with Crippen molar-refractivity contribution < 1.29 is 4.74 Å². The summed E-state index contributed by atoms with van der Waals surface area (Å²) in [5.41, 5.74) is 8.96. The second kappa shape index (κ2) is 6.28. The third kappa shape index (κ3) is 3.75. The van der Waals surface area contributed by atoms with Crippen LogP contribution in [0.4, 0.5) is 5.69 Å². The van der Waals surface area contributed by atoms with Gasteiger partial charge in [0.25, 0.3) is 0 Å². The average Bonchev–Trinajstić information content (AvgIpc) is 2.41. The third-order valence-electron chi connectivity index (χ3n) is 3.17. The zero-order valence-electron chi connectivity index (χ0n) is 11.6. The molecular weight excluding hydrogens is 234 g/mol. The van der Waals surface area contributed by atoms with Crippen molar-refractivity contribution in [3.63, 3.8) is 0 Å². The lowest BCUT2D eigenvalue weighted by Crippen LogP contribution is -1.91. The molecule has 0 spiro atoms. The fourth-order valence-electron chi connectivity index (χ4n) is 2.03. The van der Waals surface area contributed by atoms with Crippen LogP contribution in [-0.2, 0) is 6.42 Å². The molecule has 0 bridgehead atoms. The van der Waals surface area contributed by atoms with E-state index in [9.17, 15) is 0 Å². The summed E-state index contributed by atoms with van der Waals surface area (Å²) in [7, 11) is 0. The monoisotopic (exact) mass is 255 g/mol. The maximum absolute atomic E-state index is 5.87. The largest absolute Gasteiger partial charge is 0.457 e. The van der Waals surface area contributed by atoms with Crippen molar-refractivity contribution in [2.75, 3.05) is 5.73 Å². The van der Waals surface area contributed by atoms with Crippen molar-refractivity contribution in [1.82, 2.24) is 0 Å². The summed E-state index contributed by atoms with van der Waals surface area (Å²) >= 11 is 0. The molecule has 100 valence electrons. The van der Waals surface area contributed by atoms with E-state index >= 15 is 0 Å². The first-order chi connectivity index (χ1) is 9.19. The molecule has 0 aliphatic rings. The first-order valence-electron chi connectivity index (χ1n) is 6.82. The Morgan fingerprint density at radius 2 is 1.79 bits per heavy atom. The van der Waals surface area contributed by atoms with Crippen LogP contribution < -0.4 is 10.5 Å². The van der Waals surface area contributed by atoms with Crippen molar-refractivity contribution in [1.29, 1.82) is 0 Å². The normalized spacial score (nSPS) is 10.4. The molecule has 0 saturated heterocycles. The fourth-order valence-corrected chi connectivity index (χ4v) is 2.03. The predicted octanol–water partition coefficient (Wildman–Crippen LogP) is 4.71. The van der Waals surface area contributed by atoms with E-state index in [0.717, 1.165) is 23.6 Å². The van der Waals surface area contributed by atoms with Gasteiger partial charge in [0.05, 0.1) is 0 Å². The first-order valence-corrected chi connectivity index (χ1v) is 6.82. The van der Waals surface area contributed by atoms with E-state index < -0.39 is 0 Å². The van der Waals surface area contributed by atoms with E-state index in [1.807, 2.05) is 24.3 Å². The van der Waals surface area contributed by atoms with E-state index in [0.29, 0.717) is 0 Å². The standard InChI is InChI=1S/C17H21NO/c1-3-4-5-14-6-11-17(13(2)12-14)19-16-9-7-15(18)8-10-16/h6-12H,3-5,18H2,1-2H3. The molecule has 0 aliphatic heterocycles. The van der Waals surface area contributed by atoms with Crippen LogP contribution in [0.25, 0.3) is 0 Å². The lowest BCUT2D eigenvalue weighted by Gasteiger charge is -2.10. The molecule has 2 aromatic rings.